The zero-order valence-corrected chi connectivity index (χ0v) is 29.0. The highest BCUT2D eigenvalue weighted by atomic mass is 79.9. The van der Waals surface area contributed by atoms with Gasteiger partial charge in [0.25, 0.3) is 11.8 Å². The van der Waals surface area contributed by atoms with E-state index in [0.29, 0.717) is 24.2 Å². The summed E-state index contributed by atoms with van der Waals surface area (Å²) in [4.78, 5) is 46.3. The summed E-state index contributed by atoms with van der Waals surface area (Å²) in [6.07, 6.45) is 3.38. The second kappa shape index (κ2) is 20.7. The molecule has 4 N–H and O–H groups in total. The standard InChI is InChI=1S/2C15H20BrClN2O2/c2*1-3-4-14(19-10(2)20)13(17)9-18-15(21)11-5-7-12(16)8-6-11/h2*5-8,13-14H,3-4,9H2,1-2H3,(H,18,21)(H,19,20)/t2*13-,14+/m11/s1. The van der Waals surface area contributed by atoms with Crippen LogP contribution in [0.1, 0.15) is 74.1 Å². The zero-order valence-electron chi connectivity index (χ0n) is 24.3. The number of amides is 4. The van der Waals surface area contributed by atoms with Crippen molar-refractivity contribution in [1.82, 2.24) is 21.3 Å². The lowest BCUT2D eigenvalue weighted by molar-refractivity contribution is -0.120. The topological polar surface area (TPSA) is 116 Å². The largest absolute Gasteiger partial charge is 0.352 e. The van der Waals surface area contributed by atoms with Gasteiger partial charge in [-0.1, -0.05) is 58.5 Å². The van der Waals surface area contributed by atoms with Crippen molar-refractivity contribution in [1.29, 1.82) is 0 Å². The summed E-state index contributed by atoms with van der Waals surface area (Å²) in [5.41, 5.74) is 1.15. The van der Waals surface area contributed by atoms with Crippen LogP contribution in [-0.2, 0) is 9.59 Å². The minimum atomic E-state index is -0.340. The van der Waals surface area contributed by atoms with Crippen LogP contribution in [0.25, 0.3) is 0 Å². The Bertz CT molecular complexity index is 1050. The van der Waals surface area contributed by atoms with Crippen LogP contribution >= 0.6 is 55.1 Å². The van der Waals surface area contributed by atoms with Gasteiger partial charge in [0.1, 0.15) is 0 Å². The first-order valence-corrected chi connectivity index (χ1v) is 16.2. The fourth-order valence-corrected chi connectivity index (χ4v) is 4.96. The van der Waals surface area contributed by atoms with Crippen LogP contribution in [0.2, 0.25) is 0 Å². The number of hydrogen-bond acceptors (Lipinski definition) is 4. The van der Waals surface area contributed by atoms with Gasteiger partial charge in [0, 0.05) is 59.1 Å². The third-order valence-electron chi connectivity index (χ3n) is 5.98. The Labute approximate surface area is 275 Å². The second-order valence-corrected chi connectivity index (χ2v) is 12.6. The molecule has 12 heteroatoms. The Morgan fingerprint density at radius 3 is 1.21 bits per heavy atom. The van der Waals surface area contributed by atoms with Crippen LogP contribution in [0.5, 0.6) is 0 Å². The van der Waals surface area contributed by atoms with Crippen LogP contribution in [0.3, 0.4) is 0 Å². The number of rotatable bonds is 14. The number of benzene rings is 2. The van der Waals surface area contributed by atoms with Gasteiger partial charge in [-0.2, -0.15) is 0 Å². The highest BCUT2D eigenvalue weighted by Gasteiger charge is 2.21. The first-order valence-electron chi connectivity index (χ1n) is 13.8. The van der Waals surface area contributed by atoms with E-state index >= 15 is 0 Å². The van der Waals surface area contributed by atoms with E-state index < -0.39 is 0 Å². The molecular weight excluding hydrogens is 711 g/mol. The predicted octanol–water partition coefficient (Wildman–Crippen LogP) is 6.18. The van der Waals surface area contributed by atoms with Crippen LogP contribution in [0.4, 0.5) is 0 Å². The molecule has 2 aromatic carbocycles. The molecule has 0 aliphatic rings. The third-order valence-corrected chi connectivity index (χ3v) is 7.95. The smallest absolute Gasteiger partial charge is 0.251 e. The van der Waals surface area contributed by atoms with Crippen molar-refractivity contribution in [3.05, 3.63) is 68.6 Å². The van der Waals surface area contributed by atoms with E-state index in [2.05, 4.69) is 53.1 Å². The molecule has 0 aliphatic heterocycles. The molecule has 0 aliphatic carbocycles. The summed E-state index contributed by atoms with van der Waals surface area (Å²) >= 11 is 19.2. The van der Waals surface area contributed by atoms with Crippen molar-refractivity contribution in [2.75, 3.05) is 13.1 Å². The van der Waals surface area contributed by atoms with Gasteiger partial charge >= 0.3 is 0 Å². The number of alkyl halides is 2. The van der Waals surface area contributed by atoms with Crippen molar-refractivity contribution in [2.24, 2.45) is 0 Å². The van der Waals surface area contributed by atoms with Crippen LogP contribution in [0, 0.1) is 0 Å². The monoisotopic (exact) mass is 748 g/mol. The molecule has 8 nitrogen and oxygen atoms in total. The van der Waals surface area contributed by atoms with Gasteiger partial charge < -0.3 is 21.3 Å². The van der Waals surface area contributed by atoms with E-state index in [1.54, 1.807) is 24.3 Å². The molecule has 0 saturated carbocycles. The number of halogens is 4. The maximum Gasteiger partial charge on any atom is 0.251 e. The van der Waals surface area contributed by atoms with Crippen molar-refractivity contribution < 1.29 is 19.2 Å². The van der Waals surface area contributed by atoms with Gasteiger partial charge in [-0.25, -0.2) is 0 Å². The molecule has 0 saturated heterocycles. The van der Waals surface area contributed by atoms with Crippen molar-refractivity contribution >= 4 is 78.7 Å². The fraction of sp³-hybridized carbons (Fsp3) is 0.467. The molecule has 42 heavy (non-hydrogen) atoms. The van der Waals surface area contributed by atoms with Crippen LogP contribution in [0.15, 0.2) is 57.5 Å². The number of carbonyl (C=O) groups is 4. The molecule has 232 valence electrons. The molecule has 2 rings (SSSR count). The lowest BCUT2D eigenvalue weighted by Crippen LogP contribution is -2.45. The molecule has 0 heterocycles. The average molecular weight is 751 g/mol. The van der Waals surface area contributed by atoms with E-state index in [9.17, 15) is 19.2 Å². The van der Waals surface area contributed by atoms with Crippen molar-refractivity contribution in [3.8, 4) is 0 Å². The molecule has 0 aromatic heterocycles. The van der Waals surface area contributed by atoms with Crippen LogP contribution in [-0.4, -0.2) is 59.6 Å². The normalized spacial score (nSPS) is 13.3. The molecule has 0 spiro atoms. The molecular formula is C30H40Br2Cl2N4O4. The van der Waals surface area contributed by atoms with Crippen molar-refractivity contribution in [2.45, 2.75) is 76.2 Å². The Morgan fingerprint density at radius 1 is 0.643 bits per heavy atom. The van der Waals surface area contributed by atoms with E-state index in [1.807, 2.05) is 38.1 Å². The van der Waals surface area contributed by atoms with Gasteiger partial charge in [-0.05, 0) is 61.4 Å². The quantitative estimate of drug-likeness (QED) is 0.173. The van der Waals surface area contributed by atoms with Gasteiger partial charge in [-0.15, -0.1) is 23.2 Å². The molecule has 2 aromatic rings. The summed E-state index contributed by atoms with van der Waals surface area (Å²) < 4.78 is 1.84. The third kappa shape index (κ3) is 15.4. The second-order valence-electron chi connectivity index (χ2n) is 9.66. The fourth-order valence-electron chi connectivity index (χ4n) is 3.90. The minimum absolute atomic E-state index is 0.113. The van der Waals surface area contributed by atoms with E-state index in [1.165, 1.54) is 13.8 Å². The predicted molar refractivity (Wildman–Crippen MR) is 177 cm³/mol. The molecule has 0 unspecified atom stereocenters. The molecule has 0 bridgehead atoms. The Hall–Kier alpha value is -2.14. The van der Waals surface area contributed by atoms with E-state index in [4.69, 9.17) is 23.2 Å². The maximum absolute atomic E-state index is 12.0. The lowest BCUT2D eigenvalue weighted by atomic mass is 10.1. The summed E-state index contributed by atoms with van der Waals surface area (Å²) in [5.74, 6) is -0.575. The average Bonchev–Trinajstić information content (AvgIpc) is 2.94. The minimum Gasteiger partial charge on any atom is -0.352 e. The highest BCUT2D eigenvalue weighted by Crippen LogP contribution is 2.13. The number of carbonyl (C=O) groups excluding carboxylic acids is 4. The van der Waals surface area contributed by atoms with E-state index in [0.717, 1.165) is 34.6 Å². The summed E-state index contributed by atoms with van der Waals surface area (Å²) in [5, 5.41) is 10.6. The highest BCUT2D eigenvalue weighted by molar-refractivity contribution is 9.10. The molecule has 4 atom stereocenters. The maximum atomic E-state index is 12.0. The molecule has 0 fully saturated rings. The first-order chi connectivity index (χ1) is 19.9. The van der Waals surface area contributed by atoms with Gasteiger partial charge in [0.15, 0.2) is 0 Å². The van der Waals surface area contributed by atoms with Crippen molar-refractivity contribution in [3.63, 3.8) is 0 Å². The Balaban J connectivity index is 0.000000420. The summed E-state index contributed by atoms with van der Waals surface area (Å²) in [7, 11) is 0. The van der Waals surface area contributed by atoms with Gasteiger partial charge in [-0.3, -0.25) is 19.2 Å². The lowest BCUT2D eigenvalue weighted by Gasteiger charge is -2.23. The SMILES string of the molecule is CCC[C@H](NC(C)=O)[C@H](Cl)CNC(=O)c1ccc(Br)cc1.CCC[C@H](NC(C)=O)[C@H](Cl)CNC(=O)c1ccc(Br)cc1. The van der Waals surface area contributed by atoms with Gasteiger partial charge in [0.2, 0.25) is 11.8 Å². The number of hydrogen-bond donors (Lipinski definition) is 4. The molecule has 4 amide bonds. The summed E-state index contributed by atoms with van der Waals surface area (Å²) in [6, 6.07) is 13.9. The zero-order chi connectivity index (χ0) is 31.7. The van der Waals surface area contributed by atoms with Gasteiger partial charge in [0.05, 0.1) is 10.8 Å². The summed E-state index contributed by atoms with van der Waals surface area (Å²) in [6.45, 7) is 7.60. The Morgan fingerprint density at radius 2 is 0.952 bits per heavy atom. The first kappa shape index (κ1) is 37.9. The Kier molecular flexibility index (Phi) is 18.7. The van der Waals surface area contributed by atoms with E-state index in [-0.39, 0.29) is 46.5 Å². The molecule has 0 radical (unpaired) electrons. The number of nitrogens with one attached hydrogen (secondary N) is 4. The van der Waals surface area contributed by atoms with Crippen LogP contribution < -0.4 is 21.3 Å².